The maximum Gasteiger partial charge on any atom is 0.502 e. The molecule has 0 fully saturated rings. The third-order valence-electron chi connectivity index (χ3n) is 1.37. The predicted octanol–water partition coefficient (Wildman–Crippen LogP) is 2.79. The standard InChI is InChI=1S/C6H2BrClF3NO2S/c7-4-2-1-3(5(8)12-4)15(13,14)6(9,10)11/h1-2H. The summed E-state index contributed by atoms with van der Waals surface area (Å²) >= 11 is 8.14. The second kappa shape index (κ2) is 3.91. The minimum Gasteiger partial charge on any atom is -0.228 e. The van der Waals surface area contributed by atoms with Crippen molar-refractivity contribution in [2.24, 2.45) is 0 Å². The highest BCUT2D eigenvalue weighted by Crippen LogP contribution is 2.33. The summed E-state index contributed by atoms with van der Waals surface area (Å²) < 4.78 is 58.3. The second-order valence-corrected chi connectivity index (χ2v) is 5.45. The first-order valence-electron chi connectivity index (χ1n) is 3.29. The van der Waals surface area contributed by atoms with Gasteiger partial charge in [-0.15, -0.1) is 0 Å². The normalized spacial score (nSPS) is 12.9. The van der Waals surface area contributed by atoms with Gasteiger partial charge in [-0.1, -0.05) is 11.6 Å². The molecular formula is C6H2BrClF3NO2S. The highest BCUT2D eigenvalue weighted by molar-refractivity contribution is 9.10. The van der Waals surface area contributed by atoms with Crippen LogP contribution in [-0.2, 0) is 9.84 Å². The van der Waals surface area contributed by atoms with E-state index in [9.17, 15) is 21.6 Å². The van der Waals surface area contributed by atoms with Crippen molar-refractivity contribution in [3.05, 3.63) is 21.9 Å². The summed E-state index contributed by atoms with van der Waals surface area (Å²) in [4.78, 5) is 2.30. The molecule has 0 saturated carbocycles. The van der Waals surface area contributed by atoms with E-state index in [0.717, 1.165) is 12.1 Å². The van der Waals surface area contributed by atoms with Crippen molar-refractivity contribution in [1.82, 2.24) is 4.98 Å². The Morgan fingerprint density at radius 3 is 2.27 bits per heavy atom. The van der Waals surface area contributed by atoms with Gasteiger partial charge < -0.3 is 0 Å². The molecule has 0 unspecified atom stereocenters. The molecule has 1 aromatic rings. The Balaban J connectivity index is 3.42. The van der Waals surface area contributed by atoms with Crippen LogP contribution in [0.3, 0.4) is 0 Å². The topological polar surface area (TPSA) is 47.0 Å². The molecule has 3 nitrogen and oxygen atoms in total. The average molecular weight is 325 g/mol. The first-order chi connectivity index (χ1) is 6.66. The molecule has 15 heavy (non-hydrogen) atoms. The van der Waals surface area contributed by atoms with Crippen molar-refractivity contribution in [3.63, 3.8) is 0 Å². The summed E-state index contributed by atoms with van der Waals surface area (Å²) in [6.07, 6.45) is 0. The molecule has 0 aliphatic rings. The Bertz CT molecular complexity index is 488. The van der Waals surface area contributed by atoms with Gasteiger partial charge in [0.05, 0.1) is 0 Å². The molecule has 9 heteroatoms. The van der Waals surface area contributed by atoms with Crippen molar-refractivity contribution in [2.45, 2.75) is 10.4 Å². The van der Waals surface area contributed by atoms with Crippen LogP contribution in [0.15, 0.2) is 21.6 Å². The molecule has 0 spiro atoms. The molecule has 0 saturated heterocycles. The summed E-state index contributed by atoms with van der Waals surface area (Å²) in [7, 11) is -5.44. The molecule has 0 atom stereocenters. The van der Waals surface area contributed by atoms with Gasteiger partial charge in [0.1, 0.15) is 14.7 Å². The Kier molecular flexibility index (Phi) is 3.32. The monoisotopic (exact) mass is 323 g/mol. The molecule has 0 aliphatic heterocycles. The van der Waals surface area contributed by atoms with E-state index in [1.54, 1.807) is 0 Å². The van der Waals surface area contributed by atoms with E-state index >= 15 is 0 Å². The summed E-state index contributed by atoms with van der Waals surface area (Å²) in [6, 6.07) is 1.80. The number of alkyl halides is 3. The van der Waals surface area contributed by atoms with Gasteiger partial charge in [-0.3, -0.25) is 0 Å². The lowest BCUT2D eigenvalue weighted by Gasteiger charge is -2.08. The third kappa shape index (κ3) is 2.43. The fraction of sp³-hybridized carbons (Fsp3) is 0.167. The van der Waals surface area contributed by atoms with Gasteiger partial charge >= 0.3 is 5.51 Å². The van der Waals surface area contributed by atoms with Crippen molar-refractivity contribution in [1.29, 1.82) is 0 Å². The first kappa shape index (κ1) is 12.7. The zero-order chi connectivity index (χ0) is 11.9. The van der Waals surface area contributed by atoms with Crippen LogP contribution < -0.4 is 0 Å². The average Bonchev–Trinajstić information content (AvgIpc) is 2.00. The van der Waals surface area contributed by atoms with Gasteiger partial charge in [0, 0.05) is 0 Å². The number of hydrogen-bond donors (Lipinski definition) is 0. The van der Waals surface area contributed by atoms with E-state index < -0.39 is 25.4 Å². The molecule has 1 heterocycles. The Morgan fingerprint density at radius 2 is 1.87 bits per heavy atom. The zero-order valence-corrected chi connectivity index (χ0v) is 9.87. The predicted molar refractivity (Wildman–Crippen MR) is 50.2 cm³/mol. The van der Waals surface area contributed by atoms with E-state index in [4.69, 9.17) is 11.6 Å². The van der Waals surface area contributed by atoms with Crippen molar-refractivity contribution in [2.75, 3.05) is 0 Å². The van der Waals surface area contributed by atoms with Crippen LogP contribution >= 0.6 is 27.5 Å². The van der Waals surface area contributed by atoms with E-state index in [0.29, 0.717) is 0 Å². The number of nitrogens with zero attached hydrogens (tertiary/aromatic N) is 1. The lowest BCUT2D eigenvalue weighted by molar-refractivity contribution is -0.0436. The van der Waals surface area contributed by atoms with E-state index in [-0.39, 0.29) is 4.60 Å². The Morgan fingerprint density at radius 1 is 1.33 bits per heavy atom. The largest absolute Gasteiger partial charge is 0.502 e. The highest BCUT2D eigenvalue weighted by Gasteiger charge is 2.48. The smallest absolute Gasteiger partial charge is 0.228 e. The SMILES string of the molecule is O=S(=O)(c1ccc(Br)nc1Cl)C(F)(F)F. The fourth-order valence-corrected chi connectivity index (χ4v) is 2.36. The molecule has 84 valence electrons. The molecule has 0 aliphatic carbocycles. The van der Waals surface area contributed by atoms with E-state index in [1.165, 1.54) is 0 Å². The zero-order valence-electron chi connectivity index (χ0n) is 6.72. The number of aromatic nitrogens is 1. The fourth-order valence-electron chi connectivity index (χ4n) is 0.724. The number of hydrogen-bond acceptors (Lipinski definition) is 3. The molecule has 0 bridgehead atoms. The van der Waals surface area contributed by atoms with Gasteiger partial charge in [-0.05, 0) is 28.1 Å². The summed E-state index contributed by atoms with van der Waals surface area (Å²) in [5, 5.41) is -0.721. The van der Waals surface area contributed by atoms with Gasteiger partial charge in [-0.2, -0.15) is 13.2 Å². The molecule has 1 rings (SSSR count). The van der Waals surface area contributed by atoms with Crippen LogP contribution in [-0.4, -0.2) is 18.9 Å². The van der Waals surface area contributed by atoms with Crippen molar-refractivity contribution < 1.29 is 21.6 Å². The van der Waals surface area contributed by atoms with E-state index in [1.807, 2.05) is 0 Å². The summed E-state index contributed by atoms with van der Waals surface area (Å²) in [6.45, 7) is 0. The van der Waals surface area contributed by atoms with Crippen LogP contribution in [0.5, 0.6) is 0 Å². The van der Waals surface area contributed by atoms with Gasteiger partial charge in [0.2, 0.25) is 0 Å². The third-order valence-corrected chi connectivity index (χ3v) is 3.73. The second-order valence-electron chi connectivity index (χ2n) is 2.37. The van der Waals surface area contributed by atoms with Gasteiger partial charge in [-0.25, -0.2) is 13.4 Å². The number of halogens is 5. The quantitative estimate of drug-likeness (QED) is 0.746. The maximum absolute atomic E-state index is 12.1. The molecule has 0 amide bonds. The molecule has 1 aromatic heterocycles. The number of rotatable bonds is 1. The van der Waals surface area contributed by atoms with Gasteiger partial charge in [0.25, 0.3) is 9.84 Å². The Labute approximate surface area is 96.3 Å². The lowest BCUT2D eigenvalue weighted by Crippen LogP contribution is -2.23. The maximum atomic E-state index is 12.1. The number of pyridine rings is 1. The van der Waals surface area contributed by atoms with Crippen LogP contribution in [0.25, 0.3) is 0 Å². The minimum absolute atomic E-state index is 0.147. The molecule has 0 N–H and O–H groups in total. The van der Waals surface area contributed by atoms with E-state index in [2.05, 4.69) is 20.9 Å². The first-order valence-corrected chi connectivity index (χ1v) is 5.95. The summed E-state index contributed by atoms with van der Waals surface area (Å²) in [5.74, 6) is 0. The summed E-state index contributed by atoms with van der Waals surface area (Å²) in [5.41, 5.74) is -5.38. The minimum atomic E-state index is -5.44. The van der Waals surface area contributed by atoms with Crippen molar-refractivity contribution >= 4 is 37.4 Å². The lowest BCUT2D eigenvalue weighted by atomic mass is 10.5. The molecule has 0 radical (unpaired) electrons. The van der Waals surface area contributed by atoms with Crippen LogP contribution in [0.2, 0.25) is 5.15 Å². The van der Waals surface area contributed by atoms with Gasteiger partial charge in [0.15, 0.2) is 0 Å². The van der Waals surface area contributed by atoms with Crippen LogP contribution in [0.1, 0.15) is 0 Å². The number of sulfone groups is 1. The molecular weight excluding hydrogens is 322 g/mol. The van der Waals surface area contributed by atoms with Crippen LogP contribution in [0.4, 0.5) is 13.2 Å². The highest BCUT2D eigenvalue weighted by atomic mass is 79.9. The Hall–Kier alpha value is -0.340. The van der Waals surface area contributed by atoms with Crippen molar-refractivity contribution in [3.8, 4) is 0 Å². The molecule has 0 aromatic carbocycles. The van der Waals surface area contributed by atoms with Crippen LogP contribution in [0, 0.1) is 0 Å².